The molecular weight excluding hydrogens is 178 g/mol. The number of benzene rings is 1. The van der Waals surface area contributed by atoms with E-state index in [0.29, 0.717) is 5.56 Å². The fourth-order valence-corrected chi connectivity index (χ4v) is 1.05. The molecule has 0 saturated heterocycles. The van der Waals surface area contributed by atoms with Crippen molar-refractivity contribution in [2.24, 2.45) is 0 Å². The average Bonchev–Trinajstić information content (AvgIpc) is 2.17. The van der Waals surface area contributed by atoms with E-state index in [2.05, 4.69) is 5.32 Å². The molecule has 1 amide bonds. The maximum absolute atomic E-state index is 11.5. The standard InChI is InChI=1S/C11H13NO2/c1-8(2)12-11(14)10(13)9-6-4-3-5-7-9/h3-8H,1-2H3,(H,12,14). The molecule has 14 heavy (non-hydrogen) atoms. The van der Waals surface area contributed by atoms with E-state index in [1.165, 1.54) is 0 Å². The highest BCUT2D eigenvalue weighted by atomic mass is 16.2. The Morgan fingerprint density at radius 3 is 2.21 bits per heavy atom. The Kier molecular flexibility index (Phi) is 3.40. The van der Waals surface area contributed by atoms with Crippen molar-refractivity contribution in [1.82, 2.24) is 5.32 Å². The molecule has 1 aromatic rings. The summed E-state index contributed by atoms with van der Waals surface area (Å²) < 4.78 is 0. The van der Waals surface area contributed by atoms with Crippen molar-refractivity contribution in [3.8, 4) is 0 Å². The summed E-state index contributed by atoms with van der Waals surface area (Å²) in [5, 5.41) is 2.55. The van der Waals surface area contributed by atoms with Crippen LogP contribution in [0.1, 0.15) is 24.2 Å². The number of rotatable bonds is 3. The lowest BCUT2D eigenvalue weighted by molar-refractivity contribution is -0.117. The molecular formula is C11H13NO2. The van der Waals surface area contributed by atoms with Gasteiger partial charge in [-0.3, -0.25) is 9.59 Å². The minimum absolute atomic E-state index is 0.0184. The Bertz CT molecular complexity index is 330. The van der Waals surface area contributed by atoms with Crippen LogP contribution >= 0.6 is 0 Å². The van der Waals surface area contributed by atoms with E-state index in [1.54, 1.807) is 30.3 Å². The fraction of sp³-hybridized carbons (Fsp3) is 0.273. The van der Waals surface area contributed by atoms with Crippen LogP contribution in [0.4, 0.5) is 0 Å². The quantitative estimate of drug-likeness (QED) is 0.579. The topological polar surface area (TPSA) is 46.2 Å². The molecule has 0 bridgehead atoms. The monoisotopic (exact) mass is 191 g/mol. The summed E-state index contributed by atoms with van der Waals surface area (Å²) in [6.45, 7) is 3.63. The second-order valence-corrected chi connectivity index (χ2v) is 3.32. The first kappa shape index (κ1) is 10.4. The van der Waals surface area contributed by atoms with Crippen molar-refractivity contribution in [1.29, 1.82) is 0 Å². The van der Waals surface area contributed by atoms with Crippen LogP contribution in [0, 0.1) is 0 Å². The number of Topliss-reactive ketones (excluding diaryl/α,β-unsaturated/α-hetero) is 1. The summed E-state index contributed by atoms with van der Waals surface area (Å²) in [5.74, 6) is -1.04. The highest BCUT2D eigenvalue weighted by molar-refractivity contribution is 6.42. The molecule has 0 fully saturated rings. The van der Waals surface area contributed by atoms with Crippen molar-refractivity contribution in [3.63, 3.8) is 0 Å². The molecule has 3 heteroatoms. The molecule has 1 aromatic carbocycles. The van der Waals surface area contributed by atoms with E-state index in [4.69, 9.17) is 0 Å². The minimum atomic E-state index is -0.550. The Balaban J connectivity index is 2.72. The van der Waals surface area contributed by atoms with Crippen LogP contribution in [0.2, 0.25) is 0 Å². The molecule has 0 aliphatic carbocycles. The zero-order valence-electron chi connectivity index (χ0n) is 8.28. The van der Waals surface area contributed by atoms with Gasteiger partial charge in [0.2, 0.25) is 5.78 Å². The smallest absolute Gasteiger partial charge is 0.292 e. The zero-order chi connectivity index (χ0) is 10.6. The molecule has 0 aromatic heterocycles. The van der Waals surface area contributed by atoms with E-state index in [0.717, 1.165) is 0 Å². The number of nitrogens with one attached hydrogen (secondary N) is 1. The zero-order valence-corrected chi connectivity index (χ0v) is 8.28. The van der Waals surface area contributed by atoms with Crippen molar-refractivity contribution >= 4 is 11.7 Å². The number of hydrogen-bond donors (Lipinski definition) is 1. The minimum Gasteiger partial charge on any atom is -0.347 e. The predicted octanol–water partition coefficient (Wildman–Crippen LogP) is 1.39. The second-order valence-electron chi connectivity index (χ2n) is 3.32. The highest BCUT2D eigenvalue weighted by Gasteiger charge is 2.15. The number of ketones is 1. The van der Waals surface area contributed by atoms with E-state index in [-0.39, 0.29) is 6.04 Å². The molecule has 74 valence electrons. The average molecular weight is 191 g/mol. The third-order valence-corrected chi connectivity index (χ3v) is 1.66. The summed E-state index contributed by atoms with van der Waals surface area (Å²) >= 11 is 0. The van der Waals surface area contributed by atoms with Crippen LogP contribution in [0.25, 0.3) is 0 Å². The number of carbonyl (C=O) groups excluding carboxylic acids is 2. The van der Waals surface area contributed by atoms with Gasteiger partial charge in [0, 0.05) is 11.6 Å². The first-order valence-corrected chi connectivity index (χ1v) is 4.51. The van der Waals surface area contributed by atoms with Gasteiger partial charge in [0.1, 0.15) is 0 Å². The van der Waals surface area contributed by atoms with E-state index in [1.807, 2.05) is 13.8 Å². The van der Waals surface area contributed by atoms with Crippen molar-refractivity contribution in [2.75, 3.05) is 0 Å². The first-order valence-electron chi connectivity index (χ1n) is 4.51. The van der Waals surface area contributed by atoms with E-state index in [9.17, 15) is 9.59 Å². The SMILES string of the molecule is CC(C)NC(=O)C(=O)c1ccccc1. The fourth-order valence-electron chi connectivity index (χ4n) is 1.05. The maximum Gasteiger partial charge on any atom is 0.292 e. The lowest BCUT2D eigenvalue weighted by atomic mass is 10.1. The predicted molar refractivity (Wildman–Crippen MR) is 54.1 cm³/mol. The van der Waals surface area contributed by atoms with Gasteiger partial charge in [0.15, 0.2) is 0 Å². The molecule has 0 unspecified atom stereocenters. The van der Waals surface area contributed by atoms with Crippen molar-refractivity contribution in [2.45, 2.75) is 19.9 Å². The molecule has 0 radical (unpaired) electrons. The molecule has 0 aliphatic rings. The van der Waals surface area contributed by atoms with Crippen LogP contribution in [-0.2, 0) is 4.79 Å². The molecule has 3 nitrogen and oxygen atoms in total. The number of carbonyl (C=O) groups is 2. The van der Waals surface area contributed by atoms with Gasteiger partial charge in [-0.2, -0.15) is 0 Å². The Morgan fingerprint density at radius 1 is 1.14 bits per heavy atom. The van der Waals surface area contributed by atoms with E-state index < -0.39 is 11.7 Å². The van der Waals surface area contributed by atoms with Crippen molar-refractivity contribution in [3.05, 3.63) is 35.9 Å². The Morgan fingerprint density at radius 2 is 1.71 bits per heavy atom. The largest absolute Gasteiger partial charge is 0.347 e. The van der Waals surface area contributed by atoms with Crippen LogP contribution in [0.3, 0.4) is 0 Å². The van der Waals surface area contributed by atoms with E-state index >= 15 is 0 Å². The van der Waals surface area contributed by atoms with Gasteiger partial charge in [-0.15, -0.1) is 0 Å². The summed E-state index contributed by atoms with van der Waals surface area (Å²) in [6, 6.07) is 8.50. The second kappa shape index (κ2) is 4.56. The van der Waals surface area contributed by atoms with Gasteiger partial charge in [0.05, 0.1) is 0 Å². The van der Waals surface area contributed by atoms with Crippen LogP contribution in [-0.4, -0.2) is 17.7 Å². The molecule has 0 saturated carbocycles. The number of hydrogen-bond acceptors (Lipinski definition) is 2. The van der Waals surface area contributed by atoms with Gasteiger partial charge in [0.25, 0.3) is 5.91 Å². The molecule has 1 rings (SSSR count). The summed E-state index contributed by atoms with van der Waals surface area (Å²) in [4.78, 5) is 22.8. The van der Waals surface area contributed by atoms with Gasteiger partial charge in [-0.25, -0.2) is 0 Å². The lowest BCUT2D eigenvalue weighted by Crippen LogP contribution is -2.35. The Hall–Kier alpha value is -1.64. The first-order chi connectivity index (χ1) is 6.61. The van der Waals surface area contributed by atoms with Gasteiger partial charge >= 0.3 is 0 Å². The van der Waals surface area contributed by atoms with Gasteiger partial charge in [-0.05, 0) is 13.8 Å². The summed E-state index contributed by atoms with van der Waals surface area (Å²) in [7, 11) is 0. The lowest BCUT2D eigenvalue weighted by Gasteiger charge is -2.06. The van der Waals surface area contributed by atoms with Crippen LogP contribution in [0.5, 0.6) is 0 Å². The molecule has 0 spiro atoms. The van der Waals surface area contributed by atoms with Crippen molar-refractivity contribution < 1.29 is 9.59 Å². The summed E-state index contributed by atoms with van der Waals surface area (Å²) in [6.07, 6.45) is 0. The number of amides is 1. The molecule has 0 atom stereocenters. The highest BCUT2D eigenvalue weighted by Crippen LogP contribution is 1.99. The van der Waals surface area contributed by atoms with Crippen LogP contribution in [0.15, 0.2) is 30.3 Å². The molecule has 0 aliphatic heterocycles. The molecule has 1 N–H and O–H groups in total. The normalized spacial score (nSPS) is 9.93. The maximum atomic E-state index is 11.5. The van der Waals surface area contributed by atoms with Gasteiger partial charge in [-0.1, -0.05) is 30.3 Å². The Labute approximate surface area is 83.1 Å². The third-order valence-electron chi connectivity index (χ3n) is 1.66. The summed E-state index contributed by atoms with van der Waals surface area (Å²) in [5.41, 5.74) is 0.422. The van der Waals surface area contributed by atoms with Crippen LogP contribution < -0.4 is 5.32 Å². The molecule has 0 heterocycles. The third kappa shape index (κ3) is 2.69. The van der Waals surface area contributed by atoms with Gasteiger partial charge < -0.3 is 5.32 Å².